The highest BCUT2D eigenvalue weighted by Gasteiger charge is 2.31. The summed E-state index contributed by atoms with van der Waals surface area (Å²) in [5.74, 6) is 0. The summed E-state index contributed by atoms with van der Waals surface area (Å²) in [5, 5.41) is 8.83. The number of halogens is 3. The van der Waals surface area contributed by atoms with Crippen molar-refractivity contribution in [3.8, 4) is 0 Å². The molecule has 0 bridgehead atoms. The fourth-order valence-electron chi connectivity index (χ4n) is 0.826. The van der Waals surface area contributed by atoms with Gasteiger partial charge in [0.25, 0.3) is 0 Å². The Morgan fingerprint density at radius 2 is 2.15 bits per heavy atom. The summed E-state index contributed by atoms with van der Waals surface area (Å²) in [4.78, 5) is 0. The highest BCUT2D eigenvalue weighted by Crippen LogP contribution is 2.21. The molecule has 0 saturated carbocycles. The van der Waals surface area contributed by atoms with Crippen LogP contribution in [0.5, 0.6) is 0 Å². The lowest BCUT2D eigenvalue weighted by Crippen LogP contribution is -2.24. The van der Waals surface area contributed by atoms with E-state index in [4.69, 9.17) is 14.6 Å². The standard InChI is InChI=1S/C7H11F3O3/c8-7(9,10)1-5(11)2-12-3-6-4-13-6/h5-6,11H,1-4H2. The first-order valence-corrected chi connectivity index (χ1v) is 3.91. The lowest BCUT2D eigenvalue weighted by atomic mass is 10.2. The van der Waals surface area contributed by atoms with Crippen LogP contribution in [0.4, 0.5) is 13.2 Å². The second kappa shape index (κ2) is 4.26. The van der Waals surface area contributed by atoms with Crippen LogP contribution >= 0.6 is 0 Å². The van der Waals surface area contributed by atoms with Gasteiger partial charge in [-0.2, -0.15) is 13.2 Å². The molecule has 1 fully saturated rings. The van der Waals surface area contributed by atoms with Gasteiger partial charge in [0.2, 0.25) is 0 Å². The molecule has 1 saturated heterocycles. The van der Waals surface area contributed by atoms with Crippen LogP contribution in [-0.4, -0.2) is 43.3 Å². The number of hydrogen-bond donors (Lipinski definition) is 1. The molecule has 0 aromatic heterocycles. The van der Waals surface area contributed by atoms with Crippen LogP contribution in [0, 0.1) is 0 Å². The minimum Gasteiger partial charge on any atom is -0.390 e. The Morgan fingerprint density at radius 3 is 2.62 bits per heavy atom. The van der Waals surface area contributed by atoms with Crippen molar-refractivity contribution >= 4 is 0 Å². The van der Waals surface area contributed by atoms with Crippen molar-refractivity contribution in [1.82, 2.24) is 0 Å². The number of aliphatic hydroxyl groups excluding tert-OH is 1. The van der Waals surface area contributed by atoms with E-state index in [1.54, 1.807) is 0 Å². The van der Waals surface area contributed by atoms with E-state index in [1.807, 2.05) is 0 Å². The molecule has 78 valence electrons. The second-order valence-electron chi connectivity index (χ2n) is 2.97. The van der Waals surface area contributed by atoms with Crippen LogP contribution in [0.2, 0.25) is 0 Å². The summed E-state index contributed by atoms with van der Waals surface area (Å²) in [5.41, 5.74) is 0. The fraction of sp³-hybridized carbons (Fsp3) is 1.00. The molecule has 2 unspecified atom stereocenters. The molecule has 13 heavy (non-hydrogen) atoms. The summed E-state index contributed by atoms with van der Waals surface area (Å²) in [7, 11) is 0. The van der Waals surface area contributed by atoms with Crippen LogP contribution < -0.4 is 0 Å². The minimum atomic E-state index is -4.33. The van der Waals surface area contributed by atoms with Crippen LogP contribution in [-0.2, 0) is 9.47 Å². The van der Waals surface area contributed by atoms with Crippen molar-refractivity contribution in [1.29, 1.82) is 0 Å². The molecule has 0 amide bonds. The van der Waals surface area contributed by atoms with E-state index < -0.39 is 18.7 Å². The summed E-state index contributed by atoms with van der Waals surface area (Å²) in [6.07, 6.45) is -7.02. The van der Waals surface area contributed by atoms with E-state index in [-0.39, 0.29) is 19.3 Å². The van der Waals surface area contributed by atoms with Gasteiger partial charge in [0.05, 0.1) is 32.3 Å². The first-order chi connectivity index (χ1) is 5.97. The number of hydrogen-bond acceptors (Lipinski definition) is 3. The van der Waals surface area contributed by atoms with Gasteiger partial charge in [0.15, 0.2) is 0 Å². The summed E-state index contributed by atoms with van der Waals surface area (Å²) >= 11 is 0. The first kappa shape index (κ1) is 10.7. The molecule has 0 aromatic rings. The molecule has 3 nitrogen and oxygen atoms in total. The van der Waals surface area contributed by atoms with Crippen LogP contribution in [0.3, 0.4) is 0 Å². The number of aliphatic hydroxyl groups is 1. The number of alkyl halides is 3. The number of ether oxygens (including phenoxy) is 2. The predicted molar refractivity (Wildman–Crippen MR) is 37.2 cm³/mol. The molecular weight excluding hydrogens is 189 g/mol. The highest BCUT2D eigenvalue weighted by atomic mass is 19.4. The number of epoxide rings is 1. The Morgan fingerprint density at radius 1 is 1.54 bits per heavy atom. The third-order valence-electron chi connectivity index (χ3n) is 1.48. The lowest BCUT2D eigenvalue weighted by molar-refractivity contribution is -0.159. The molecule has 0 aliphatic carbocycles. The Balaban J connectivity index is 1.99. The van der Waals surface area contributed by atoms with E-state index in [1.165, 1.54) is 0 Å². The maximum Gasteiger partial charge on any atom is 0.391 e. The molecule has 6 heteroatoms. The monoisotopic (exact) mass is 200 g/mol. The molecule has 1 heterocycles. The Bertz CT molecular complexity index is 156. The average Bonchev–Trinajstić information content (AvgIpc) is 2.66. The molecule has 0 spiro atoms. The van der Waals surface area contributed by atoms with Crippen molar-refractivity contribution in [2.75, 3.05) is 19.8 Å². The molecular formula is C7H11F3O3. The van der Waals surface area contributed by atoms with E-state index in [9.17, 15) is 13.2 Å². The Hall–Kier alpha value is -0.330. The summed E-state index contributed by atoms with van der Waals surface area (Å²) < 4.78 is 44.5. The Labute approximate surface area is 73.4 Å². The first-order valence-electron chi connectivity index (χ1n) is 3.91. The Kier molecular flexibility index (Phi) is 3.52. The van der Waals surface area contributed by atoms with E-state index in [0.717, 1.165) is 0 Å². The third-order valence-corrected chi connectivity index (χ3v) is 1.48. The molecule has 1 N–H and O–H groups in total. The largest absolute Gasteiger partial charge is 0.391 e. The quantitative estimate of drug-likeness (QED) is 0.665. The molecule has 2 atom stereocenters. The lowest BCUT2D eigenvalue weighted by Gasteiger charge is -2.12. The maximum absolute atomic E-state index is 11.7. The maximum atomic E-state index is 11.7. The van der Waals surface area contributed by atoms with Crippen LogP contribution in [0.1, 0.15) is 6.42 Å². The molecule has 0 radical (unpaired) electrons. The molecule has 1 aliphatic heterocycles. The van der Waals surface area contributed by atoms with Gasteiger partial charge in [-0.3, -0.25) is 0 Å². The topological polar surface area (TPSA) is 42.0 Å². The van der Waals surface area contributed by atoms with Gasteiger partial charge in [-0.1, -0.05) is 0 Å². The van der Waals surface area contributed by atoms with Gasteiger partial charge in [-0.15, -0.1) is 0 Å². The third kappa shape index (κ3) is 5.84. The highest BCUT2D eigenvalue weighted by molar-refractivity contribution is 4.68. The van der Waals surface area contributed by atoms with Gasteiger partial charge >= 0.3 is 6.18 Å². The van der Waals surface area contributed by atoms with Crippen molar-refractivity contribution in [3.63, 3.8) is 0 Å². The minimum absolute atomic E-state index is 0.0121. The van der Waals surface area contributed by atoms with Crippen molar-refractivity contribution in [3.05, 3.63) is 0 Å². The van der Waals surface area contributed by atoms with Crippen molar-refractivity contribution in [2.45, 2.75) is 24.8 Å². The van der Waals surface area contributed by atoms with Crippen molar-refractivity contribution < 1.29 is 27.8 Å². The predicted octanol–water partition coefficient (Wildman–Crippen LogP) is 0.715. The molecule has 1 aliphatic rings. The summed E-state index contributed by atoms with van der Waals surface area (Å²) in [6, 6.07) is 0. The van der Waals surface area contributed by atoms with Crippen LogP contribution in [0.15, 0.2) is 0 Å². The van der Waals surface area contributed by atoms with Crippen LogP contribution in [0.25, 0.3) is 0 Å². The molecule has 1 rings (SSSR count). The normalized spacial score (nSPS) is 24.5. The van der Waals surface area contributed by atoms with E-state index in [2.05, 4.69) is 0 Å². The van der Waals surface area contributed by atoms with E-state index in [0.29, 0.717) is 6.61 Å². The van der Waals surface area contributed by atoms with E-state index >= 15 is 0 Å². The zero-order valence-corrected chi connectivity index (χ0v) is 6.88. The zero-order chi connectivity index (χ0) is 9.90. The van der Waals surface area contributed by atoms with Crippen molar-refractivity contribution in [2.24, 2.45) is 0 Å². The second-order valence-corrected chi connectivity index (χ2v) is 2.97. The summed E-state index contributed by atoms with van der Waals surface area (Å²) in [6.45, 7) is 0.559. The fourth-order valence-corrected chi connectivity index (χ4v) is 0.826. The molecule has 0 aromatic carbocycles. The van der Waals surface area contributed by atoms with Gasteiger partial charge in [-0.25, -0.2) is 0 Å². The SMILES string of the molecule is OC(COCC1CO1)CC(F)(F)F. The van der Waals surface area contributed by atoms with Gasteiger partial charge < -0.3 is 14.6 Å². The van der Waals surface area contributed by atoms with Gasteiger partial charge in [0, 0.05) is 0 Å². The number of rotatable bonds is 5. The van der Waals surface area contributed by atoms with Gasteiger partial charge in [-0.05, 0) is 0 Å². The zero-order valence-electron chi connectivity index (χ0n) is 6.88. The van der Waals surface area contributed by atoms with Gasteiger partial charge in [0.1, 0.15) is 6.10 Å². The average molecular weight is 200 g/mol. The smallest absolute Gasteiger partial charge is 0.390 e.